The zero-order valence-corrected chi connectivity index (χ0v) is 19.0. The number of imidazole rings is 2. The Balaban J connectivity index is 1.28. The van der Waals surface area contributed by atoms with E-state index >= 15 is 0 Å². The summed E-state index contributed by atoms with van der Waals surface area (Å²) in [5.74, 6) is 1.19. The van der Waals surface area contributed by atoms with Crippen LogP contribution < -0.4 is 10.1 Å². The lowest BCUT2D eigenvalue weighted by atomic mass is 10.1. The van der Waals surface area contributed by atoms with E-state index in [0.717, 1.165) is 17.6 Å². The van der Waals surface area contributed by atoms with Crippen molar-refractivity contribution in [1.29, 1.82) is 0 Å². The molecule has 35 heavy (non-hydrogen) atoms. The van der Waals surface area contributed by atoms with Crippen LogP contribution in [0.2, 0.25) is 0 Å². The molecule has 5 rings (SSSR count). The molecule has 176 valence electrons. The number of fused-ring (bicyclic) bond motifs is 1. The number of aryl methyl sites for hydroxylation is 2. The maximum absolute atomic E-state index is 14.0. The Labute approximate surface area is 200 Å². The zero-order chi connectivity index (χ0) is 24.2. The number of benzene rings is 2. The fourth-order valence-corrected chi connectivity index (χ4v) is 3.79. The van der Waals surface area contributed by atoms with E-state index in [1.807, 2.05) is 23.7 Å². The van der Waals surface area contributed by atoms with E-state index < -0.39 is 0 Å². The lowest BCUT2D eigenvalue weighted by Gasteiger charge is -2.08. The summed E-state index contributed by atoms with van der Waals surface area (Å²) in [6, 6.07) is 15.3. The zero-order valence-electron chi connectivity index (χ0n) is 19.0. The van der Waals surface area contributed by atoms with Gasteiger partial charge < -0.3 is 19.6 Å². The number of nitrogens with one attached hydrogen (secondary N) is 2. The van der Waals surface area contributed by atoms with Crippen LogP contribution in [0.3, 0.4) is 0 Å². The van der Waals surface area contributed by atoms with E-state index in [1.165, 1.54) is 6.07 Å². The van der Waals surface area contributed by atoms with Crippen molar-refractivity contribution in [2.75, 3.05) is 5.32 Å². The van der Waals surface area contributed by atoms with Crippen molar-refractivity contribution in [2.24, 2.45) is 7.05 Å². The van der Waals surface area contributed by atoms with Crippen LogP contribution in [0.5, 0.6) is 11.5 Å². The van der Waals surface area contributed by atoms with Crippen LogP contribution in [-0.2, 0) is 13.5 Å². The maximum atomic E-state index is 14.0. The molecule has 0 fully saturated rings. The monoisotopic (exact) mass is 470 g/mol. The summed E-state index contributed by atoms with van der Waals surface area (Å²) < 4.78 is 21.9. The third-order valence-electron chi connectivity index (χ3n) is 5.63. The Hall–Kier alpha value is -4.53. The Morgan fingerprint density at radius 1 is 1.14 bits per heavy atom. The fourth-order valence-electron chi connectivity index (χ4n) is 3.79. The number of carbonyl (C=O) groups is 1. The largest absolute Gasteiger partial charge is 0.457 e. The molecule has 0 radical (unpaired) electrons. The minimum Gasteiger partial charge on any atom is -0.457 e. The number of pyridine rings is 1. The number of aromatic amines is 1. The SMILES string of the molecule is Cn1c(Nc2ccccc2F)nc2cc(Oc3ccnc(C(=O)CCCc4cnc[nH]4)c3)ccc21. The highest BCUT2D eigenvalue weighted by Crippen LogP contribution is 2.28. The highest BCUT2D eigenvalue weighted by Gasteiger charge is 2.13. The van der Waals surface area contributed by atoms with Gasteiger partial charge >= 0.3 is 0 Å². The number of para-hydroxylation sites is 1. The van der Waals surface area contributed by atoms with E-state index in [4.69, 9.17) is 4.74 Å². The number of hydrogen-bond donors (Lipinski definition) is 2. The minimum absolute atomic E-state index is 0.0426. The van der Waals surface area contributed by atoms with Crippen LogP contribution in [0.4, 0.5) is 16.0 Å². The molecule has 2 N–H and O–H groups in total. The lowest BCUT2D eigenvalue weighted by molar-refractivity contribution is 0.0975. The number of rotatable bonds is 9. The molecule has 0 aliphatic carbocycles. The molecule has 0 spiro atoms. The molecule has 0 unspecified atom stereocenters. The fraction of sp³-hybridized carbons (Fsp3) is 0.154. The lowest BCUT2D eigenvalue weighted by Crippen LogP contribution is -2.03. The van der Waals surface area contributed by atoms with Crippen LogP contribution in [0, 0.1) is 5.82 Å². The maximum Gasteiger partial charge on any atom is 0.208 e. The van der Waals surface area contributed by atoms with E-state index in [9.17, 15) is 9.18 Å². The summed E-state index contributed by atoms with van der Waals surface area (Å²) in [6.07, 6.45) is 6.78. The summed E-state index contributed by atoms with van der Waals surface area (Å²) in [7, 11) is 1.85. The average molecular weight is 471 g/mol. The first kappa shape index (κ1) is 22.3. The smallest absolute Gasteiger partial charge is 0.208 e. The van der Waals surface area contributed by atoms with Gasteiger partial charge in [0.05, 0.1) is 23.0 Å². The molecule has 0 aliphatic rings. The molecule has 2 aromatic carbocycles. The van der Waals surface area contributed by atoms with Gasteiger partial charge in [0.15, 0.2) is 5.78 Å². The third kappa shape index (κ3) is 5.03. The summed E-state index contributed by atoms with van der Waals surface area (Å²) in [5, 5.41) is 3.03. The molecule has 0 aliphatic heterocycles. The average Bonchev–Trinajstić information content (AvgIpc) is 3.48. The van der Waals surface area contributed by atoms with Gasteiger partial charge in [0, 0.05) is 43.7 Å². The van der Waals surface area contributed by atoms with Gasteiger partial charge in [0.1, 0.15) is 23.0 Å². The molecule has 0 saturated carbocycles. The highest BCUT2D eigenvalue weighted by molar-refractivity contribution is 5.94. The number of ether oxygens (including phenoxy) is 1. The summed E-state index contributed by atoms with van der Waals surface area (Å²) in [4.78, 5) is 28.4. The first-order valence-electron chi connectivity index (χ1n) is 11.2. The predicted octanol–water partition coefficient (Wildman–Crippen LogP) is 5.57. The highest BCUT2D eigenvalue weighted by atomic mass is 19.1. The molecule has 0 amide bonds. The van der Waals surface area contributed by atoms with Crippen molar-refractivity contribution in [3.63, 3.8) is 0 Å². The van der Waals surface area contributed by atoms with E-state index in [2.05, 4.69) is 25.3 Å². The molecule has 0 atom stereocenters. The summed E-state index contributed by atoms with van der Waals surface area (Å²) in [5.41, 5.74) is 3.26. The van der Waals surface area contributed by atoms with Crippen molar-refractivity contribution < 1.29 is 13.9 Å². The van der Waals surface area contributed by atoms with Gasteiger partial charge in [-0.05, 0) is 43.2 Å². The number of anilines is 2. The molecule has 3 heterocycles. The van der Waals surface area contributed by atoms with Gasteiger partial charge in [-0.2, -0.15) is 0 Å². The van der Waals surface area contributed by atoms with E-state index in [-0.39, 0.29) is 11.6 Å². The van der Waals surface area contributed by atoms with Crippen LogP contribution in [0.15, 0.2) is 73.3 Å². The van der Waals surface area contributed by atoms with Crippen molar-refractivity contribution >= 4 is 28.5 Å². The van der Waals surface area contributed by atoms with Crippen LogP contribution in [0.25, 0.3) is 11.0 Å². The van der Waals surface area contributed by atoms with Gasteiger partial charge in [-0.25, -0.2) is 14.4 Å². The first-order chi connectivity index (χ1) is 17.1. The normalized spacial score (nSPS) is 11.0. The molecule has 5 aromatic rings. The number of hydrogen-bond acceptors (Lipinski definition) is 6. The second-order valence-electron chi connectivity index (χ2n) is 8.08. The van der Waals surface area contributed by atoms with Crippen molar-refractivity contribution in [2.45, 2.75) is 19.3 Å². The quantitative estimate of drug-likeness (QED) is 0.273. The van der Waals surface area contributed by atoms with Crippen LogP contribution in [0.1, 0.15) is 29.0 Å². The van der Waals surface area contributed by atoms with Gasteiger partial charge in [-0.1, -0.05) is 12.1 Å². The van der Waals surface area contributed by atoms with Gasteiger partial charge in [-0.15, -0.1) is 0 Å². The van der Waals surface area contributed by atoms with Gasteiger partial charge in [0.25, 0.3) is 0 Å². The Kier molecular flexibility index (Phi) is 6.21. The number of nitrogens with zero attached hydrogens (tertiary/aromatic N) is 4. The number of H-pyrrole nitrogens is 1. The molecule has 9 heteroatoms. The molecular formula is C26H23FN6O2. The number of Topliss-reactive ketones (excluding diaryl/α,β-unsaturated/α-hetero) is 1. The van der Waals surface area contributed by atoms with Gasteiger partial charge in [-0.3, -0.25) is 9.78 Å². The van der Waals surface area contributed by atoms with Crippen molar-refractivity contribution in [3.8, 4) is 11.5 Å². The Morgan fingerprint density at radius 2 is 2.00 bits per heavy atom. The van der Waals surface area contributed by atoms with Crippen molar-refractivity contribution in [1.82, 2.24) is 24.5 Å². The van der Waals surface area contributed by atoms with Crippen molar-refractivity contribution in [3.05, 3.63) is 90.5 Å². The number of ketones is 1. The third-order valence-corrected chi connectivity index (χ3v) is 5.63. The van der Waals surface area contributed by atoms with E-state index in [0.29, 0.717) is 47.2 Å². The standard InChI is InChI=1S/C26H23FN6O2/c1-33-24-10-9-18(13-22(24)32-26(33)31-21-7-3-2-6-20(21)27)35-19-11-12-29-23(14-19)25(34)8-4-5-17-15-28-16-30-17/h2-3,6-7,9-16H,4-5,8H2,1H3,(H,28,30)(H,31,32). The van der Waals surface area contributed by atoms with Crippen LogP contribution in [-0.4, -0.2) is 30.3 Å². The van der Waals surface area contributed by atoms with Crippen LogP contribution >= 0.6 is 0 Å². The summed E-state index contributed by atoms with van der Waals surface area (Å²) >= 11 is 0. The topological polar surface area (TPSA) is 97.7 Å². The first-order valence-corrected chi connectivity index (χ1v) is 11.2. The molecule has 3 aromatic heterocycles. The number of halogens is 1. The predicted molar refractivity (Wildman–Crippen MR) is 131 cm³/mol. The van der Waals surface area contributed by atoms with Gasteiger partial charge in [0.2, 0.25) is 5.95 Å². The molecule has 0 saturated heterocycles. The molecule has 0 bridgehead atoms. The second-order valence-corrected chi connectivity index (χ2v) is 8.08. The number of carbonyl (C=O) groups excluding carboxylic acids is 1. The minimum atomic E-state index is -0.354. The second kappa shape index (κ2) is 9.76. The molecular weight excluding hydrogens is 447 g/mol. The Morgan fingerprint density at radius 3 is 2.83 bits per heavy atom. The summed E-state index contributed by atoms with van der Waals surface area (Å²) in [6.45, 7) is 0. The molecule has 8 nitrogen and oxygen atoms in total. The Bertz CT molecular complexity index is 1480. The van der Waals surface area contributed by atoms with E-state index in [1.54, 1.807) is 55.1 Å². The number of aromatic nitrogens is 5.